The number of rotatable bonds is 2. The third-order valence-electron chi connectivity index (χ3n) is 3.48. The molecular weight excluding hydrogens is 292 g/mol. The van der Waals surface area contributed by atoms with Crippen LogP contribution >= 0.6 is 15.9 Å². The maximum atomic E-state index is 9.93. The summed E-state index contributed by atoms with van der Waals surface area (Å²) in [5, 5.41) is 9.93. The summed E-state index contributed by atoms with van der Waals surface area (Å²) >= 11 is 3.56. The van der Waals surface area contributed by atoms with E-state index in [-0.39, 0.29) is 6.10 Å². The van der Waals surface area contributed by atoms with E-state index >= 15 is 0 Å². The number of aliphatic hydroxyl groups is 1. The van der Waals surface area contributed by atoms with Crippen LogP contribution in [0.5, 0.6) is 0 Å². The monoisotopic (exact) mass is 306 g/mol. The fourth-order valence-corrected chi connectivity index (χ4v) is 2.92. The van der Waals surface area contributed by atoms with Crippen LogP contribution in [0.25, 0.3) is 0 Å². The van der Waals surface area contributed by atoms with E-state index in [1.807, 2.05) is 24.4 Å². The van der Waals surface area contributed by atoms with E-state index in [0.29, 0.717) is 0 Å². The first-order chi connectivity index (χ1) is 8.75. The van der Waals surface area contributed by atoms with E-state index in [1.54, 1.807) is 0 Å². The molecule has 0 aliphatic carbocycles. The van der Waals surface area contributed by atoms with Gasteiger partial charge in [0.05, 0.1) is 18.0 Å². The highest BCUT2D eigenvalue weighted by molar-refractivity contribution is 9.10. The second-order valence-electron chi connectivity index (χ2n) is 4.68. The van der Waals surface area contributed by atoms with Gasteiger partial charge in [-0.3, -0.25) is 0 Å². The summed E-state index contributed by atoms with van der Waals surface area (Å²) in [7, 11) is 0. The minimum Gasteiger partial charge on any atom is -0.387 e. The molecule has 0 radical (unpaired) electrons. The Morgan fingerprint density at radius 2 is 2.22 bits per heavy atom. The van der Waals surface area contributed by atoms with Gasteiger partial charge in [-0.2, -0.15) is 0 Å². The van der Waals surface area contributed by atoms with Crippen LogP contribution in [-0.4, -0.2) is 14.7 Å². The van der Waals surface area contributed by atoms with Gasteiger partial charge in [0.2, 0.25) is 0 Å². The van der Waals surface area contributed by atoms with Crippen LogP contribution in [-0.2, 0) is 13.0 Å². The summed E-state index contributed by atoms with van der Waals surface area (Å²) in [6.07, 6.45) is 4.14. The highest BCUT2D eigenvalue weighted by Gasteiger charge is 2.21. The van der Waals surface area contributed by atoms with Crippen molar-refractivity contribution in [3.63, 3.8) is 0 Å². The van der Waals surface area contributed by atoms with Gasteiger partial charge in [0.15, 0.2) is 0 Å². The average molecular weight is 307 g/mol. The first kappa shape index (κ1) is 11.9. The minimum atomic E-state index is -0.348. The fraction of sp³-hybridized carbons (Fsp3) is 0.357. The third-order valence-corrected chi connectivity index (χ3v) is 4.25. The zero-order chi connectivity index (χ0) is 12.5. The van der Waals surface area contributed by atoms with Crippen molar-refractivity contribution < 1.29 is 5.11 Å². The van der Waals surface area contributed by atoms with E-state index in [9.17, 15) is 5.11 Å². The van der Waals surface area contributed by atoms with E-state index < -0.39 is 0 Å². The van der Waals surface area contributed by atoms with Gasteiger partial charge in [-0.05, 0) is 24.5 Å². The van der Waals surface area contributed by atoms with Crippen molar-refractivity contribution in [3.8, 4) is 0 Å². The highest BCUT2D eigenvalue weighted by Crippen LogP contribution is 2.27. The van der Waals surface area contributed by atoms with Gasteiger partial charge in [0, 0.05) is 17.4 Å². The molecule has 1 aliphatic heterocycles. The zero-order valence-electron chi connectivity index (χ0n) is 10.0. The van der Waals surface area contributed by atoms with E-state index in [1.165, 1.54) is 5.56 Å². The van der Waals surface area contributed by atoms with Gasteiger partial charge in [0.25, 0.3) is 0 Å². The number of aliphatic hydroxyl groups excluding tert-OH is 1. The van der Waals surface area contributed by atoms with Crippen molar-refractivity contribution >= 4 is 15.9 Å². The number of imidazole rings is 1. The lowest BCUT2D eigenvalue weighted by Gasteiger charge is -2.21. The SMILES string of the molecule is OC1CCCn2c1cnc2Cc1ccccc1Br. The van der Waals surface area contributed by atoms with Crippen LogP contribution in [0.1, 0.15) is 36.0 Å². The Kier molecular flexibility index (Phi) is 3.22. The minimum absolute atomic E-state index is 0.348. The van der Waals surface area contributed by atoms with Crippen molar-refractivity contribution in [2.45, 2.75) is 31.9 Å². The van der Waals surface area contributed by atoms with E-state index in [4.69, 9.17) is 0 Å². The van der Waals surface area contributed by atoms with Crippen molar-refractivity contribution in [1.82, 2.24) is 9.55 Å². The molecule has 3 nitrogen and oxygen atoms in total. The Labute approximate surface area is 115 Å². The smallest absolute Gasteiger partial charge is 0.113 e. The molecule has 18 heavy (non-hydrogen) atoms. The van der Waals surface area contributed by atoms with E-state index in [2.05, 4.69) is 31.5 Å². The number of benzene rings is 1. The molecule has 0 spiro atoms. The van der Waals surface area contributed by atoms with Crippen molar-refractivity contribution in [3.05, 3.63) is 52.0 Å². The van der Waals surface area contributed by atoms with Crippen molar-refractivity contribution in [1.29, 1.82) is 0 Å². The first-order valence-corrected chi connectivity index (χ1v) is 7.01. The molecule has 0 saturated carbocycles. The molecule has 1 aromatic carbocycles. The Morgan fingerprint density at radius 1 is 1.39 bits per heavy atom. The Hall–Kier alpha value is -1.13. The average Bonchev–Trinajstić information content (AvgIpc) is 2.77. The summed E-state index contributed by atoms with van der Waals surface area (Å²) < 4.78 is 3.27. The lowest BCUT2D eigenvalue weighted by Crippen LogP contribution is -2.17. The largest absolute Gasteiger partial charge is 0.387 e. The molecule has 1 N–H and O–H groups in total. The molecule has 1 aliphatic rings. The van der Waals surface area contributed by atoms with Gasteiger partial charge < -0.3 is 9.67 Å². The molecule has 94 valence electrons. The number of aromatic nitrogens is 2. The summed E-state index contributed by atoms with van der Waals surface area (Å²) in [5.74, 6) is 1.04. The second kappa shape index (κ2) is 4.86. The predicted molar refractivity (Wildman–Crippen MR) is 73.4 cm³/mol. The lowest BCUT2D eigenvalue weighted by molar-refractivity contribution is 0.138. The van der Waals surface area contributed by atoms with Gasteiger partial charge in [-0.1, -0.05) is 34.1 Å². The molecular formula is C14H15BrN2O. The van der Waals surface area contributed by atoms with Crippen LogP contribution in [0.3, 0.4) is 0 Å². The molecule has 1 aromatic heterocycles. The lowest BCUT2D eigenvalue weighted by atomic mass is 10.1. The van der Waals surface area contributed by atoms with Crippen molar-refractivity contribution in [2.75, 3.05) is 0 Å². The zero-order valence-corrected chi connectivity index (χ0v) is 11.6. The quantitative estimate of drug-likeness (QED) is 0.926. The standard InChI is InChI=1S/C14H15BrN2O/c15-11-5-2-1-4-10(11)8-14-16-9-12-13(18)6-3-7-17(12)14/h1-2,4-5,9,13,18H,3,6-8H2. The first-order valence-electron chi connectivity index (χ1n) is 6.21. The number of halogens is 1. The van der Waals surface area contributed by atoms with Crippen LogP contribution in [0.2, 0.25) is 0 Å². The van der Waals surface area contributed by atoms with Crippen LogP contribution in [0.4, 0.5) is 0 Å². The fourth-order valence-electron chi connectivity index (χ4n) is 2.50. The van der Waals surface area contributed by atoms with Crippen molar-refractivity contribution in [2.24, 2.45) is 0 Å². The summed E-state index contributed by atoms with van der Waals surface area (Å²) in [5.41, 5.74) is 2.19. The van der Waals surface area contributed by atoms with Gasteiger partial charge in [-0.25, -0.2) is 4.98 Å². The highest BCUT2D eigenvalue weighted by atomic mass is 79.9. The number of hydrogen-bond acceptors (Lipinski definition) is 2. The molecule has 4 heteroatoms. The Bertz CT molecular complexity index is 565. The maximum Gasteiger partial charge on any atom is 0.113 e. The summed E-state index contributed by atoms with van der Waals surface area (Å²) in [4.78, 5) is 4.47. The van der Waals surface area contributed by atoms with Crippen LogP contribution < -0.4 is 0 Å². The van der Waals surface area contributed by atoms with E-state index in [0.717, 1.165) is 41.8 Å². The topological polar surface area (TPSA) is 38.0 Å². The van der Waals surface area contributed by atoms with Crippen LogP contribution in [0.15, 0.2) is 34.9 Å². The normalized spacial score (nSPS) is 18.7. The number of nitrogens with zero attached hydrogens (tertiary/aromatic N) is 2. The Morgan fingerprint density at radius 3 is 3.06 bits per heavy atom. The third kappa shape index (κ3) is 2.10. The molecule has 2 aromatic rings. The molecule has 1 unspecified atom stereocenters. The molecule has 1 atom stereocenters. The molecule has 0 saturated heterocycles. The molecule has 0 bridgehead atoms. The molecule has 0 fully saturated rings. The molecule has 3 rings (SSSR count). The summed E-state index contributed by atoms with van der Waals surface area (Å²) in [6, 6.07) is 8.20. The number of hydrogen-bond donors (Lipinski definition) is 1. The van der Waals surface area contributed by atoms with Gasteiger partial charge in [-0.15, -0.1) is 0 Å². The Balaban J connectivity index is 1.92. The van der Waals surface area contributed by atoms with Gasteiger partial charge in [0.1, 0.15) is 5.82 Å². The second-order valence-corrected chi connectivity index (χ2v) is 5.53. The van der Waals surface area contributed by atoms with Crippen LogP contribution in [0, 0.1) is 0 Å². The van der Waals surface area contributed by atoms with Gasteiger partial charge >= 0.3 is 0 Å². The molecule has 2 heterocycles. The predicted octanol–water partition coefficient (Wildman–Crippen LogP) is 3.06. The summed E-state index contributed by atoms with van der Waals surface area (Å²) in [6.45, 7) is 0.964. The number of fused-ring (bicyclic) bond motifs is 1. The molecule has 0 amide bonds. The maximum absolute atomic E-state index is 9.93.